The van der Waals surface area contributed by atoms with Crippen molar-refractivity contribution in [3.63, 3.8) is 0 Å². The molecule has 41 heavy (non-hydrogen) atoms. The van der Waals surface area contributed by atoms with E-state index in [1.54, 1.807) is 0 Å². The summed E-state index contributed by atoms with van der Waals surface area (Å²) < 4.78 is 11.6. The summed E-state index contributed by atoms with van der Waals surface area (Å²) in [6, 6.07) is 19.1. The molecule has 0 spiro atoms. The largest absolute Gasteiger partial charge is 0.490 e. The van der Waals surface area contributed by atoms with E-state index in [9.17, 15) is 4.79 Å². The van der Waals surface area contributed by atoms with Crippen molar-refractivity contribution in [1.82, 2.24) is 10.2 Å². The van der Waals surface area contributed by atoms with Crippen molar-refractivity contribution in [2.45, 2.75) is 26.8 Å². The van der Waals surface area contributed by atoms with Crippen LogP contribution in [0.5, 0.6) is 11.5 Å². The van der Waals surface area contributed by atoms with Crippen LogP contribution < -0.4 is 14.8 Å². The third kappa shape index (κ3) is 9.13. The first-order valence-corrected chi connectivity index (χ1v) is 14.3. The van der Waals surface area contributed by atoms with Gasteiger partial charge in [-0.2, -0.15) is 0 Å². The van der Waals surface area contributed by atoms with Crippen molar-refractivity contribution < 1.29 is 24.2 Å². The van der Waals surface area contributed by atoms with Gasteiger partial charge in [0.2, 0.25) is 0 Å². The summed E-state index contributed by atoms with van der Waals surface area (Å²) >= 11 is 18.8. The number of carbonyl (C=O) groups is 2. The zero-order valence-electron chi connectivity index (χ0n) is 23.0. The molecule has 1 heterocycles. The van der Waals surface area contributed by atoms with Gasteiger partial charge in [0.05, 0.1) is 10.0 Å². The summed E-state index contributed by atoms with van der Waals surface area (Å²) in [7, 11) is 0. The lowest BCUT2D eigenvalue weighted by atomic mass is 9.93. The number of hydrogen-bond acceptors (Lipinski definition) is 5. The first-order valence-electron chi connectivity index (χ1n) is 13.1. The lowest BCUT2D eigenvalue weighted by Crippen LogP contribution is -2.37. The van der Waals surface area contributed by atoms with Crippen molar-refractivity contribution in [2.75, 3.05) is 32.8 Å². The van der Waals surface area contributed by atoms with E-state index in [-0.39, 0.29) is 12.4 Å². The Bertz CT molecular complexity index is 1340. The molecule has 1 aliphatic heterocycles. The van der Waals surface area contributed by atoms with Crippen LogP contribution in [0.3, 0.4) is 0 Å². The van der Waals surface area contributed by atoms with Crippen molar-refractivity contribution >= 4 is 52.8 Å². The second kappa shape index (κ2) is 16.3. The van der Waals surface area contributed by atoms with Gasteiger partial charge in [0.1, 0.15) is 19.0 Å². The van der Waals surface area contributed by atoms with Gasteiger partial charge in [0.25, 0.3) is 12.4 Å². The van der Waals surface area contributed by atoms with E-state index in [0.29, 0.717) is 53.7 Å². The molecule has 0 fully saturated rings. The fourth-order valence-electron chi connectivity index (χ4n) is 4.44. The van der Waals surface area contributed by atoms with Gasteiger partial charge in [-0.15, -0.1) is 0 Å². The molecule has 3 aromatic carbocycles. The first-order chi connectivity index (χ1) is 19.8. The summed E-state index contributed by atoms with van der Waals surface area (Å²) in [5.74, 6) is 1.21. The molecule has 4 rings (SSSR count). The number of hydrogen-bond donors (Lipinski definition) is 2. The number of nitrogens with one attached hydrogen (secondary N) is 1. The summed E-state index contributed by atoms with van der Waals surface area (Å²) in [6.45, 7) is 6.72. The van der Waals surface area contributed by atoms with Gasteiger partial charge < -0.3 is 24.8 Å². The number of ether oxygens (including phenoxy) is 2. The van der Waals surface area contributed by atoms with Crippen molar-refractivity contribution in [2.24, 2.45) is 0 Å². The lowest BCUT2D eigenvalue weighted by molar-refractivity contribution is -0.127. The van der Waals surface area contributed by atoms with E-state index in [4.69, 9.17) is 54.2 Å². The van der Waals surface area contributed by atoms with Gasteiger partial charge in [-0.25, -0.2) is 0 Å². The van der Waals surface area contributed by atoms with E-state index in [2.05, 4.69) is 5.32 Å². The molecule has 1 aliphatic rings. The van der Waals surface area contributed by atoms with Crippen molar-refractivity contribution in [3.8, 4) is 11.5 Å². The minimum Gasteiger partial charge on any atom is -0.490 e. The molecule has 3 aromatic rings. The van der Waals surface area contributed by atoms with Crippen LogP contribution in [0, 0.1) is 6.92 Å². The van der Waals surface area contributed by atoms with Crippen molar-refractivity contribution in [1.29, 1.82) is 0 Å². The molecule has 218 valence electrons. The third-order valence-corrected chi connectivity index (χ3v) is 7.34. The highest BCUT2D eigenvalue weighted by Gasteiger charge is 2.24. The molecule has 1 amide bonds. The maximum absolute atomic E-state index is 13.6. The number of carbonyl (C=O) groups excluding carboxylic acids is 1. The number of aryl methyl sites for hydroxylation is 1. The molecule has 0 radical (unpaired) electrons. The Morgan fingerprint density at radius 3 is 2.27 bits per heavy atom. The average Bonchev–Trinajstić information content (AvgIpc) is 2.96. The van der Waals surface area contributed by atoms with Crippen LogP contribution in [0.2, 0.25) is 15.1 Å². The number of nitrogens with zero attached hydrogens (tertiary/aromatic N) is 1. The molecule has 2 N–H and O–H groups in total. The smallest absolute Gasteiger partial charge is 0.290 e. The number of halogens is 3. The highest BCUT2D eigenvalue weighted by molar-refractivity contribution is 6.37. The zero-order valence-corrected chi connectivity index (χ0v) is 25.2. The molecule has 0 saturated heterocycles. The van der Waals surface area contributed by atoms with E-state index in [0.717, 1.165) is 46.6 Å². The van der Waals surface area contributed by atoms with Gasteiger partial charge in [0, 0.05) is 30.2 Å². The number of benzene rings is 3. The molecule has 0 saturated carbocycles. The Morgan fingerprint density at radius 1 is 1.00 bits per heavy atom. The SMILES string of the molecule is CCN(Cc1ccccc1Cl)C(=O)C1=C(c2ccc(OCCOc3c(Cl)cc(C)cc3Cl)cc2)CCNC1.O=CO. The van der Waals surface area contributed by atoms with Crippen LogP contribution >= 0.6 is 34.8 Å². The van der Waals surface area contributed by atoms with E-state index >= 15 is 0 Å². The minimum absolute atomic E-state index is 0.0283. The molecule has 10 heteroatoms. The van der Waals surface area contributed by atoms with Crippen LogP contribution in [0.15, 0.2) is 66.2 Å². The number of carboxylic acid groups (broad SMARTS) is 1. The van der Waals surface area contributed by atoms with Gasteiger partial charge >= 0.3 is 0 Å². The highest BCUT2D eigenvalue weighted by Crippen LogP contribution is 2.34. The molecule has 0 aliphatic carbocycles. The highest BCUT2D eigenvalue weighted by atomic mass is 35.5. The van der Waals surface area contributed by atoms with Gasteiger partial charge in [-0.3, -0.25) is 9.59 Å². The number of rotatable bonds is 10. The van der Waals surface area contributed by atoms with Crippen LogP contribution in [0.1, 0.15) is 30.0 Å². The predicted molar refractivity (Wildman–Crippen MR) is 164 cm³/mol. The molecule has 0 bridgehead atoms. The minimum atomic E-state index is -0.250. The second-order valence-corrected chi connectivity index (χ2v) is 10.4. The van der Waals surface area contributed by atoms with Gasteiger partial charge in [0.15, 0.2) is 5.75 Å². The van der Waals surface area contributed by atoms with Gasteiger partial charge in [-0.05, 0) is 79.4 Å². The maximum Gasteiger partial charge on any atom is 0.290 e. The van der Waals surface area contributed by atoms with Crippen LogP contribution in [0.4, 0.5) is 0 Å². The fraction of sp³-hybridized carbons (Fsp3) is 0.290. The van der Waals surface area contributed by atoms with Crippen LogP contribution in [0.25, 0.3) is 5.57 Å². The van der Waals surface area contributed by atoms with E-state index < -0.39 is 0 Å². The number of likely N-dealkylation sites (N-methyl/N-ethyl adjacent to an activating group) is 1. The second-order valence-electron chi connectivity index (χ2n) is 9.18. The van der Waals surface area contributed by atoms with Crippen molar-refractivity contribution in [3.05, 3.63) is 98.0 Å². The monoisotopic (exact) mass is 618 g/mol. The lowest BCUT2D eigenvalue weighted by Gasteiger charge is -2.27. The summed E-state index contributed by atoms with van der Waals surface area (Å²) in [6.07, 6.45) is 0.775. The summed E-state index contributed by atoms with van der Waals surface area (Å²) in [4.78, 5) is 23.8. The Labute approximate surface area is 255 Å². The van der Waals surface area contributed by atoms with Gasteiger partial charge in [-0.1, -0.05) is 65.1 Å². The normalized spacial score (nSPS) is 12.7. The topological polar surface area (TPSA) is 88.1 Å². The maximum atomic E-state index is 13.6. The summed E-state index contributed by atoms with van der Waals surface area (Å²) in [5, 5.41) is 11.9. The molecular formula is C31H33Cl3N2O5. The van der Waals surface area contributed by atoms with Crippen LogP contribution in [-0.2, 0) is 16.1 Å². The molecular weight excluding hydrogens is 587 g/mol. The molecule has 7 nitrogen and oxygen atoms in total. The fourth-order valence-corrected chi connectivity index (χ4v) is 5.34. The third-order valence-electron chi connectivity index (χ3n) is 6.41. The Kier molecular flexibility index (Phi) is 12.8. The Morgan fingerprint density at radius 2 is 1.63 bits per heavy atom. The average molecular weight is 620 g/mol. The summed E-state index contributed by atoms with van der Waals surface area (Å²) in [5.41, 5.74) is 4.78. The van der Waals surface area contributed by atoms with E-state index in [1.165, 1.54) is 0 Å². The van der Waals surface area contributed by atoms with E-state index in [1.807, 2.05) is 79.4 Å². The molecule has 0 aromatic heterocycles. The van der Waals surface area contributed by atoms with Crippen LogP contribution in [-0.4, -0.2) is 55.2 Å². The quantitative estimate of drug-likeness (QED) is 0.189. The first kappa shape index (κ1) is 32.3. The predicted octanol–water partition coefficient (Wildman–Crippen LogP) is 6.91. The Balaban J connectivity index is 0.00000147. The molecule has 0 atom stereocenters. The zero-order chi connectivity index (χ0) is 29.8. The number of amides is 1. The molecule has 0 unspecified atom stereocenters. The standard InChI is InChI=1S/C30H31Cl3N2O3.CH2O2/c1-3-35(19-22-6-4-5-7-26(22)31)30(36)25-18-34-13-12-24(25)21-8-10-23(11-9-21)37-14-15-38-29-27(32)16-20(2)17-28(29)33;2-1-3/h4-11,16-17,34H,3,12-15,18-19H2,1-2H3;1H,(H,2,3). The Hall–Kier alpha value is -3.23.